The van der Waals surface area contributed by atoms with Crippen molar-refractivity contribution in [2.24, 2.45) is 0 Å². The lowest BCUT2D eigenvalue weighted by Gasteiger charge is -2.30. The Morgan fingerprint density at radius 2 is 0.797 bits per heavy atom. The molecule has 0 aliphatic heterocycles. The van der Waals surface area contributed by atoms with Crippen LogP contribution in [-0.4, -0.2) is 4.57 Å². The molecule has 12 aromatic rings. The molecule has 12 rings (SSSR count). The molecule has 302 valence electrons. The smallest absolute Gasteiger partial charge is 0.160 e. The molecule has 64 heavy (non-hydrogen) atoms. The Hall–Kier alpha value is -8.60. The van der Waals surface area contributed by atoms with Crippen molar-refractivity contribution in [2.45, 2.75) is 0 Å². The van der Waals surface area contributed by atoms with Crippen LogP contribution in [0.2, 0.25) is 0 Å². The zero-order valence-corrected chi connectivity index (χ0v) is 34.9. The number of benzene rings is 10. The van der Waals surface area contributed by atoms with Crippen LogP contribution in [0.3, 0.4) is 0 Å². The topological polar surface area (TPSA) is 24.6 Å². The molecule has 2 aromatic heterocycles. The molecule has 0 aliphatic rings. The van der Waals surface area contributed by atoms with Gasteiger partial charge in [0.2, 0.25) is 0 Å². The van der Waals surface area contributed by atoms with Gasteiger partial charge in [0.15, 0.2) is 5.58 Å². The predicted molar refractivity (Wildman–Crippen MR) is 268 cm³/mol. The Kier molecular flexibility index (Phi) is 9.12. The standard InChI is InChI=1S/C60H41N3O/c1-6-20-42(21-7-1)43-34-36-49(37-35-43)62(47-26-12-4-13-27-47)51-39-44(38-50(40-51)61(45-22-8-2-9-23-45)46-24-10-3-11-25-46)54-41-55-52-30-16-18-32-56(52)63(48-28-14-5-15-29-48)59(55)60-58(54)53-31-17-19-33-57(53)64-60/h1-41H. The molecule has 0 aliphatic carbocycles. The number of furan rings is 1. The Bertz CT molecular complexity index is 3540. The Morgan fingerprint density at radius 1 is 0.328 bits per heavy atom. The van der Waals surface area contributed by atoms with Gasteiger partial charge in [-0.3, -0.25) is 0 Å². The first-order chi connectivity index (χ1) is 31.8. The largest absolute Gasteiger partial charge is 0.454 e. The molecule has 0 saturated heterocycles. The maximum absolute atomic E-state index is 7.06. The number of para-hydroxylation sites is 6. The lowest BCUT2D eigenvalue weighted by molar-refractivity contribution is 0.671. The van der Waals surface area contributed by atoms with Crippen molar-refractivity contribution >= 4 is 77.9 Å². The van der Waals surface area contributed by atoms with Gasteiger partial charge in [-0.1, -0.05) is 152 Å². The van der Waals surface area contributed by atoms with E-state index in [-0.39, 0.29) is 0 Å². The van der Waals surface area contributed by atoms with E-state index >= 15 is 0 Å². The fourth-order valence-corrected chi connectivity index (χ4v) is 9.47. The predicted octanol–water partition coefficient (Wildman–Crippen LogP) is 17.0. The van der Waals surface area contributed by atoms with Crippen molar-refractivity contribution in [1.82, 2.24) is 4.57 Å². The first-order valence-electron chi connectivity index (χ1n) is 21.8. The van der Waals surface area contributed by atoms with Crippen molar-refractivity contribution < 1.29 is 4.42 Å². The average molecular weight is 820 g/mol. The fraction of sp³-hybridized carbons (Fsp3) is 0. The van der Waals surface area contributed by atoms with E-state index in [4.69, 9.17) is 4.42 Å². The zero-order chi connectivity index (χ0) is 42.4. The second-order valence-electron chi connectivity index (χ2n) is 16.1. The molecular weight excluding hydrogens is 779 g/mol. The lowest BCUT2D eigenvalue weighted by Crippen LogP contribution is -2.13. The van der Waals surface area contributed by atoms with Gasteiger partial charge in [0, 0.05) is 61.4 Å². The number of nitrogens with zero attached hydrogens (tertiary/aromatic N) is 3. The second kappa shape index (κ2) is 15.7. The summed E-state index contributed by atoms with van der Waals surface area (Å²) in [6.45, 7) is 0. The molecule has 0 saturated carbocycles. The normalized spacial score (nSPS) is 11.4. The zero-order valence-electron chi connectivity index (χ0n) is 34.9. The summed E-state index contributed by atoms with van der Waals surface area (Å²) in [6.07, 6.45) is 0. The lowest BCUT2D eigenvalue weighted by atomic mass is 9.95. The minimum Gasteiger partial charge on any atom is -0.454 e. The summed E-state index contributed by atoms with van der Waals surface area (Å²) >= 11 is 0. The number of fused-ring (bicyclic) bond motifs is 7. The number of aromatic nitrogens is 1. The summed E-state index contributed by atoms with van der Waals surface area (Å²) in [5.74, 6) is 0. The van der Waals surface area contributed by atoms with E-state index in [1.54, 1.807) is 0 Å². The van der Waals surface area contributed by atoms with E-state index in [1.165, 1.54) is 16.5 Å². The van der Waals surface area contributed by atoms with E-state index in [9.17, 15) is 0 Å². The van der Waals surface area contributed by atoms with Crippen molar-refractivity contribution in [1.29, 1.82) is 0 Å². The van der Waals surface area contributed by atoms with Gasteiger partial charge in [-0.15, -0.1) is 0 Å². The summed E-state index contributed by atoms with van der Waals surface area (Å²) in [6, 6.07) is 88.7. The fourth-order valence-electron chi connectivity index (χ4n) is 9.47. The van der Waals surface area contributed by atoms with E-state index in [2.05, 4.69) is 263 Å². The van der Waals surface area contributed by atoms with Gasteiger partial charge in [-0.05, 0) is 119 Å². The van der Waals surface area contributed by atoms with E-state index < -0.39 is 0 Å². The van der Waals surface area contributed by atoms with Crippen molar-refractivity contribution in [3.63, 3.8) is 0 Å². The second-order valence-corrected chi connectivity index (χ2v) is 16.1. The highest BCUT2D eigenvalue weighted by molar-refractivity contribution is 6.26. The molecule has 10 aromatic carbocycles. The summed E-state index contributed by atoms with van der Waals surface area (Å²) in [7, 11) is 0. The van der Waals surface area contributed by atoms with Gasteiger partial charge in [0.05, 0.1) is 11.0 Å². The molecule has 0 spiro atoms. The highest BCUT2D eigenvalue weighted by Crippen LogP contribution is 2.49. The Morgan fingerprint density at radius 3 is 1.39 bits per heavy atom. The van der Waals surface area contributed by atoms with Crippen molar-refractivity contribution in [3.05, 3.63) is 249 Å². The van der Waals surface area contributed by atoms with Crippen LogP contribution in [0.15, 0.2) is 253 Å². The number of hydrogen-bond acceptors (Lipinski definition) is 3. The van der Waals surface area contributed by atoms with E-state index in [1.807, 2.05) is 0 Å². The van der Waals surface area contributed by atoms with E-state index in [0.717, 1.165) is 89.3 Å². The van der Waals surface area contributed by atoms with Crippen LogP contribution in [-0.2, 0) is 0 Å². The van der Waals surface area contributed by atoms with Crippen LogP contribution >= 0.6 is 0 Å². The number of rotatable bonds is 9. The van der Waals surface area contributed by atoms with Gasteiger partial charge in [-0.25, -0.2) is 0 Å². The molecule has 0 amide bonds. The van der Waals surface area contributed by atoms with Gasteiger partial charge in [-0.2, -0.15) is 0 Å². The molecule has 0 N–H and O–H groups in total. The summed E-state index contributed by atoms with van der Waals surface area (Å²) < 4.78 is 9.42. The van der Waals surface area contributed by atoms with Crippen molar-refractivity contribution in [3.8, 4) is 27.9 Å². The Balaban J connectivity index is 1.18. The molecule has 2 heterocycles. The number of hydrogen-bond donors (Lipinski definition) is 0. The third-order valence-electron chi connectivity index (χ3n) is 12.3. The van der Waals surface area contributed by atoms with Crippen LogP contribution < -0.4 is 9.80 Å². The van der Waals surface area contributed by atoms with Crippen molar-refractivity contribution in [2.75, 3.05) is 9.80 Å². The maximum Gasteiger partial charge on any atom is 0.160 e. The van der Waals surface area contributed by atoms with E-state index in [0.29, 0.717) is 0 Å². The summed E-state index contributed by atoms with van der Waals surface area (Å²) in [5.41, 5.74) is 15.8. The summed E-state index contributed by atoms with van der Waals surface area (Å²) in [5, 5.41) is 4.45. The molecule has 0 bridgehead atoms. The average Bonchev–Trinajstić information content (AvgIpc) is 3.92. The first kappa shape index (κ1) is 37.2. The number of anilines is 6. The third-order valence-corrected chi connectivity index (χ3v) is 12.3. The van der Waals surface area contributed by atoms with Crippen LogP contribution in [0.25, 0.3) is 71.7 Å². The van der Waals surface area contributed by atoms with Crippen LogP contribution in [0.1, 0.15) is 0 Å². The molecule has 0 atom stereocenters. The van der Waals surface area contributed by atoms with Crippen LogP contribution in [0.4, 0.5) is 34.1 Å². The van der Waals surface area contributed by atoms with Crippen LogP contribution in [0, 0.1) is 0 Å². The SMILES string of the molecule is c1ccc(-c2ccc(N(c3ccccc3)c3cc(-c4cc5c6ccccc6n(-c6ccccc6)c5c5oc6ccccc6c45)cc(N(c4ccccc4)c4ccccc4)c3)cc2)cc1. The molecular formula is C60H41N3O. The molecule has 0 unspecified atom stereocenters. The molecule has 4 heteroatoms. The maximum atomic E-state index is 7.06. The summed E-state index contributed by atoms with van der Waals surface area (Å²) in [4.78, 5) is 4.74. The van der Waals surface area contributed by atoms with Gasteiger partial charge in [0.1, 0.15) is 5.58 Å². The molecule has 0 radical (unpaired) electrons. The molecule has 0 fully saturated rings. The van der Waals surface area contributed by atoms with Crippen LogP contribution in [0.5, 0.6) is 0 Å². The van der Waals surface area contributed by atoms with Gasteiger partial charge >= 0.3 is 0 Å². The third kappa shape index (κ3) is 6.40. The minimum absolute atomic E-state index is 0.854. The van der Waals surface area contributed by atoms with Gasteiger partial charge < -0.3 is 18.8 Å². The highest BCUT2D eigenvalue weighted by atomic mass is 16.3. The highest BCUT2D eigenvalue weighted by Gasteiger charge is 2.25. The minimum atomic E-state index is 0.854. The Labute approximate surface area is 371 Å². The first-order valence-corrected chi connectivity index (χ1v) is 21.8. The van der Waals surface area contributed by atoms with Gasteiger partial charge in [0.25, 0.3) is 0 Å². The quantitative estimate of drug-likeness (QED) is 0.145. The molecule has 4 nitrogen and oxygen atoms in total. The monoisotopic (exact) mass is 819 g/mol.